The fourth-order valence-corrected chi connectivity index (χ4v) is 13.5. The molecule has 1 amide bonds. The van der Waals surface area contributed by atoms with Gasteiger partial charge < -0.3 is 83.3 Å². The number of hydrogen-bond donors (Lipinski definition) is 7. The van der Waals surface area contributed by atoms with Crippen LogP contribution in [0.4, 0.5) is 0 Å². The molecule has 0 spiro atoms. The van der Waals surface area contributed by atoms with Crippen molar-refractivity contribution in [2.45, 2.75) is 87.0 Å². The lowest BCUT2D eigenvalue weighted by Crippen LogP contribution is -2.36. The van der Waals surface area contributed by atoms with Crippen molar-refractivity contribution < 1.29 is 71.8 Å². The Bertz CT molecular complexity index is 5140. The number of benzene rings is 7. The van der Waals surface area contributed by atoms with Crippen LogP contribution >= 0.6 is 0 Å². The van der Waals surface area contributed by atoms with E-state index in [1.165, 1.54) is 0 Å². The number of aliphatic hydroxyl groups excluding tert-OH is 3. The van der Waals surface area contributed by atoms with E-state index in [2.05, 4.69) is 72.0 Å². The Kier molecular flexibility index (Phi) is 23.4. The zero-order chi connectivity index (χ0) is 72.8. The molecule has 25 heteroatoms. The van der Waals surface area contributed by atoms with E-state index in [0.29, 0.717) is 136 Å². The summed E-state index contributed by atoms with van der Waals surface area (Å²) in [5, 5.41) is 43.2. The number of aliphatic hydroxyl groups is 3. The molecule has 0 bridgehead atoms. The normalized spacial score (nSPS) is 12.8. The van der Waals surface area contributed by atoms with E-state index < -0.39 is 17.8 Å². The Hall–Kier alpha value is -11.7. The number of aryl methyl sites for hydroxylation is 6. The summed E-state index contributed by atoms with van der Waals surface area (Å²) in [6, 6.07) is 45.3. The van der Waals surface area contributed by atoms with Crippen LogP contribution in [-0.4, -0.2) is 147 Å². The number of rotatable bonds is 21. The molecular weight excluding hydrogens is 1350 g/mol. The summed E-state index contributed by atoms with van der Waals surface area (Å²) in [6.45, 7) is 13.3. The number of carbonyl (C=O) groups excluding carboxylic acids is 2. The van der Waals surface area contributed by atoms with E-state index in [1.807, 2.05) is 126 Å². The number of aromatic amines is 2. The van der Waals surface area contributed by atoms with E-state index in [1.54, 1.807) is 32.4 Å². The van der Waals surface area contributed by atoms with Gasteiger partial charge in [-0.3, -0.25) is 9.59 Å². The van der Waals surface area contributed by atoms with Gasteiger partial charge in [-0.15, -0.1) is 0 Å². The van der Waals surface area contributed by atoms with Crippen LogP contribution in [-0.2, 0) is 15.1 Å². The maximum Gasteiger partial charge on any atom is 0.298 e. The molecule has 0 unspecified atom stereocenters. The van der Waals surface area contributed by atoms with Crippen LogP contribution in [0.25, 0.3) is 88.6 Å². The van der Waals surface area contributed by atoms with E-state index in [-0.39, 0.29) is 59.3 Å². The highest BCUT2D eigenvalue weighted by atomic mass is 16.6. The zero-order valence-corrected chi connectivity index (χ0v) is 58.6. The second kappa shape index (κ2) is 32.9. The summed E-state index contributed by atoms with van der Waals surface area (Å²) in [5.41, 5.74) is 18.8. The highest BCUT2D eigenvalue weighted by molar-refractivity contribution is 6.16. The summed E-state index contributed by atoms with van der Waals surface area (Å²) >= 11 is 0. The highest BCUT2D eigenvalue weighted by Crippen LogP contribution is 2.51. The molecule has 2 atom stereocenters. The molecular formula is C81H86N10O15. The lowest BCUT2D eigenvalue weighted by atomic mass is 9.80. The SMILES string of the molecule is C.C.COc1cc2c(cc1-c1c(C)noc1C)[nH]c1nc(C)nc(-c3ccc(C(=O)NCC[C@H](O)CO)c4c3OCCO4)c12.COc1cc2c(cc1-c1c(C)noc1C)[nH]c1nc(C)nc(-c3ccc(OC=O)c4c3OCCO4)c12.NCC[C@H](O)COC(c1ccccc1)(c1ccccc1)c1ccccc1. The predicted octanol–water partition coefficient (Wildman–Crippen LogP) is 13.3. The zero-order valence-electron chi connectivity index (χ0n) is 58.6. The van der Waals surface area contributed by atoms with Gasteiger partial charge in [0.05, 0.1) is 89.9 Å². The number of carbonyl (C=O) groups is 2. The topological polar surface area (TPSA) is 342 Å². The molecule has 0 saturated carbocycles. The second-order valence-electron chi connectivity index (χ2n) is 24.9. The molecule has 13 aromatic rings. The van der Waals surface area contributed by atoms with Gasteiger partial charge in [0.1, 0.15) is 78.0 Å². The summed E-state index contributed by atoms with van der Waals surface area (Å²) in [6.07, 6.45) is -0.774. The van der Waals surface area contributed by atoms with Crippen molar-refractivity contribution in [3.63, 3.8) is 0 Å². The number of hydrogen-bond acceptors (Lipinski definition) is 22. The fraction of sp³-hybridized carbons (Fsp3) is 0.284. The molecule has 106 heavy (non-hydrogen) atoms. The minimum atomic E-state index is -0.903. The number of nitrogens with zero attached hydrogens (tertiary/aromatic N) is 6. The van der Waals surface area contributed by atoms with Gasteiger partial charge in [-0.25, -0.2) is 19.9 Å². The molecule has 8 N–H and O–H groups in total. The molecule has 550 valence electrons. The largest absolute Gasteiger partial charge is 0.496 e. The van der Waals surface area contributed by atoms with Crippen LogP contribution < -0.4 is 44.2 Å². The van der Waals surface area contributed by atoms with E-state index >= 15 is 0 Å². The Morgan fingerprint density at radius 1 is 0.575 bits per heavy atom. The fourth-order valence-electron chi connectivity index (χ4n) is 13.5. The second-order valence-corrected chi connectivity index (χ2v) is 24.9. The van der Waals surface area contributed by atoms with Crippen molar-refractivity contribution in [3.8, 4) is 85.0 Å². The first-order valence-electron chi connectivity index (χ1n) is 33.9. The van der Waals surface area contributed by atoms with Gasteiger partial charge in [-0.2, -0.15) is 0 Å². The Morgan fingerprint density at radius 3 is 1.46 bits per heavy atom. The van der Waals surface area contributed by atoms with Crippen molar-refractivity contribution in [1.82, 2.24) is 45.5 Å². The number of aromatic nitrogens is 8. The van der Waals surface area contributed by atoms with Gasteiger partial charge in [-0.1, -0.05) is 116 Å². The smallest absolute Gasteiger partial charge is 0.298 e. The van der Waals surface area contributed by atoms with E-state index in [9.17, 15) is 19.8 Å². The molecule has 0 saturated heterocycles. The first-order chi connectivity index (χ1) is 50.6. The van der Waals surface area contributed by atoms with E-state index in [0.717, 1.165) is 82.9 Å². The lowest BCUT2D eigenvalue weighted by Gasteiger charge is -2.36. The molecule has 0 fully saturated rings. The minimum absolute atomic E-state index is 0. The molecule has 2 aliphatic rings. The summed E-state index contributed by atoms with van der Waals surface area (Å²) in [7, 11) is 3.25. The van der Waals surface area contributed by atoms with Crippen LogP contribution in [0.2, 0.25) is 0 Å². The Morgan fingerprint density at radius 2 is 1.03 bits per heavy atom. The summed E-state index contributed by atoms with van der Waals surface area (Å²) in [4.78, 5) is 49.9. The molecule has 2 aliphatic heterocycles. The summed E-state index contributed by atoms with van der Waals surface area (Å²) in [5.74, 6) is 5.33. The number of methoxy groups -OCH3 is 2. The molecule has 8 heterocycles. The summed E-state index contributed by atoms with van der Waals surface area (Å²) < 4.78 is 57.8. The highest BCUT2D eigenvalue weighted by Gasteiger charge is 2.38. The predicted molar refractivity (Wildman–Crippen MR) is 403 cm³/mol. The third-order valence-corrected chi connectivity index (χ3v) is 18.1. The Labute approximate surface area is 611 Å². The van der Waals surface area contributed by atoms with E-state index in [4.69, 9.17) is 67.7 Å². The third kappa shape index (κ3) is 14.7. The average molecular weight is 1440 g/mol. The minimum Gasteiger partial charge on any atom is -0.496 e. The van der Waals surface area contributed by atoms with Gasteiger partial charge in [0.15, 0.2) is 23.0 Å². The maximum atomic E-state index is 13.0. The van der Waals surface area contributed by atoms with Gasteiger partial charge in [0.25, 0.3) is 12.4 Å². The molecule has 0 aliphatic carbocycles. The standard InChI is InChI=1S/C30H31N5O7.C26H22N4O6.C23H25NO2.2CH4/c1-14-24(15(2)42-35-14)21-11-22-20(12-23(21)39-4)25-26(32-16(3)33-29(25)34-22)18-5-6-19(28-27(18)40-9-10-41-28)30(38)31-8-7-17(37)13-36;1-12-21(13(2)36-30-12)17-9-18-16(10-20(17)32-4)22-23(27-14(3)28-26(22)29-18)15-5-6-19(35-11-31)25-24(15)33-7-8-34-25;24-17-16-22(25)18-26-23(19-10-4-1-5-11-19,20-12-6-2-7-13-20)21-14-8-3-9-15-21;;/h5-6,11-12,17,36-37H,7-10,13H2,1-4H3,(H,31,38)(H,32,33,34);5-6,9-11H,7-8H2,1-4H3,(H,27,28,29);1-15,22,25H,16-18,24H2;2*1H4/t17-;;22-;;/m0.0../s1. The lowest BCUT2D eigenvalue weighted by molar-refractivity contribution is -0.120. The number of nitrogens with two attached hydrogens (primary N) is 1. The van der Waals surface area contributed by atoms with Crippen molar-refractivity contribution >= 4 is 56.3 Å². The van der Waals surface area contributed by atoms with Crippen molar-refractivity contribution in [3.05, 3.63) is 196 Å². The Balaban J connectivity index is 0.000000161. The van der Waals surface area contributed by atoms with Gasteiger partial charge >= 0.3 is 0 Å². The van der Waals surface area contributed by atoms with Crippen LogP contribution in [0.5, 0.6) is 40.2 Å². The number of H-pyrrole nitrogens is 2. The average Bonchev–Trinajstić information content (AvgIpc) is 1.62. The van der Waals surface area contributed by atoms with Gasteiger partial charge in [0.2, 0.25) is 5.75 Å². The monoisotopic (exact) mass is 1440 g/mol. The van der Waals surface area contributed by atoms with Crippen LogP contribution in [0.3, 0.4) is 0 Å². The van der Waals surface area contributed by atoms with Crippen LogP contribution in [0, 0.1) is 41.5 Å². The number of nitrogens with one attached hydrogen (secondary N) is 3. The molecule has 0 radical (unpaired) electrons. The first kappa shape index (κ1) is 75.4. The quantitative estimate of drug-likeness (QED) is 0.0259. The molecule has 25 nitrogen and oxygen atoms in total. The number of amides is 1. The van der Waals surface area contributed by atoms with Crippen LogP contribution in [0.1, 0.15) is 89.3 Å². The first-order valence-corrected chi connectivity index (χ1v) is 33.9. The maximum absolute atomic E-state index is 13.0. The van der Waals surface area contributed by atoms with Crippen molar-refractivity contribution in [2.75, 3.05) is 67.0 Å². The van der Waals surface area contributed by atoms with Crippen molar-refractivity contribution in [2.24, 2.45) is 5.73 Å². The van der Waals surface area contributed by atoms with Crippen molar-refractivity contribution in [1.29, 1.82) is 0 Å². The number of fused-ring (bicyclic) bond motifs is 8. The van der Waals surface area contributed by atoms with Crippen LogP contribution in [0.15, 0.2) is 149 Å². The number of ether oxygens (including phenoxy) is 8. The van der Waals surface area contributed by atoms with Gasteiger partial charge in [0, 0.05) is 50.6 Å². The molecule has 6 aromatic heterocycles. The third-order valence-electron chi connectivity index (χ3n) is 18.1. The molecule has 7 aromatic carbocycles. The molecule has 15 rings (SSSR count). The van der Waals surface area contributed by atoms with Gasteiger partial charge in [-0.05, 0) is 126 Å².